The number of nitrogens with zero attached hydrogens (tertiary/aromatic N) is 2. The minimum Gasteiger partial charge on any atom is -0.385 e. The molecule has 0 bridgehead atoms. The maximum Gasteiger partial charge on any atom is 0.258 e. The third-order valence-electron chi connectivity index (χ3n) is 3.67. The van der Waals surface area contributed by atoms with Crippen LogP contribution in [0.4, 0.5) is 10.1 Å². The van der Waals surface area contributed by atoms with E-state index in [-0.39, 0.29) is 11.7 Å². The van der Waals surface area contributed by atoms with E-state index in [9.17, 15) is 9.18 Å². The van der Waals surface area contributed by atoms with Gasteiger partial charge in [-0.2, -0.15) is 4.98 Å². The van der Waals surface area contributed by atoms with Crippen molar-refractivity contribution in [1.29, 1.82) is 0 Å². The van der Waals surface area contributed by atoms with E-state index < -0.39 is 0 Å². The number of amides is 1. The summed E-state index contributed by atoms with van der Waals surface area (Å²) < 4.78 is 23.2. The van der Waals surface area contributed by atoms with Crippen LogP contribution in [-0.2, 0) is 9.53 Å². The second kappa shape index (κ2) is 8.35. The molecule has 1 heterocycles. The average Bonchev–Trinajstić information content (AvgIpc) is 3.13. The van der Waals surface area contributed by atoms with E-state index in [0.717, 1.165) is 0 Å². The van der Waals surface area contributed by atoms with Crippen LogP contribution in [0, 0.1) is 5.82 Å². The predicted molar refractivity (Wildman–Crippen MR) is 94.9 cm³/mol. The highest BCUT2D eigenvalue weighted by Crippen LogP contribution is 2.24. The average molecular weight is 355 g/mol. The zero-order valence-corrected chi connectivity index (χ0v) is 14.2. The molecule has 0 radical (unpaired) electrons. The van der Waals surface area contributed by atoms with Crippen LogP contribution in [0.15, 0.2) is 53.1 Å². The summed E-state index contributed by atoms with van der Waals surface area (Å²) in [4.78, 5) is 16.2. The molecule has 0 spiro atoms. The lowest BCUT2D eigenvalue weighted by Crippen LogP contribution is -2.12. The number of benzene rings is 2. The van der Waals surface area contributed by atoms with Gasteiger partial charge in [-0.25, -0.2) is 4.39 Å². The molecule has 1 N–H and O–H groups in total. The van der Waals surface area contributed by atoms with E-state index in [1.54, 1.807) is 37.4 Å². The quantitative estimate of drug-likeness (QED) is 0.650. The van der Waals surface area contributed by atoms with Gasteiger partial charge in [0.15, 0.2) is 0 Å². The summed E-state index contributed by atoms with van der Waals surface area (Å²) in [7, 11) is 1.60. The topological polar surface area (TPSA) is 77.2 Å². The van der Waals surface area contributed by atoms with Gasteiger partial charge in [-0.15, -0.1) is 0 Å². The van der Waals surface area contributed by atoms with Crippen LogP contribution >= 0.6 is 0 Å². The van der Waals surface area contributed by atoms with Crippen LogP contribution < -0.4 is 5.32 Å². The lowest BCUT2D eigenvalue weighted by molar-refractivity contribution is -0.116. The van der Waals surface area contributed by atoms with Crippen LogP contribution in [0.3, 0.4) is 0 Å². The molecule has 0 atom stereocenters. The number of nitrogens with one attached hydrogen (secondary N) is 1. The van der Waals surface area contributed by atoms with E-state index in [1.807, 2.05) is 6.07 Å². The summed E-state index contributed by atoms with van der Waals surface area (Å²) in [5.74, 6) is 0.274. The van der Waals surface area contributed by atoms with Crippen LogP contribution in [0.2, 0.25) is 0 Å². The van der Waals surface area contributed by atoms with Gasteiger partial charge in [-0.1, -0.05) is 17.3 Å². The Morgan fingerprint density at radius 1 is 1.19 bits per heavy atom. The van der Waals surface area contributed by atoms with Crippen molar-refractivity contribution in [1.82, 2.24) is 10.1 Å². The fourth-order valence-corrected chi connectivity index (χ4v) is 2.39. The highest BCUT2D eigenvalue weighted by atomic mass is 19.1. The first-order valence-electron chi connectivity index (χ1n) is 8.14. The third-order valence-corrected chi connectivity index (χ3v) is 3.67. The molecular weight excluding hydrogens is 337 g/mol. The van der Waals surface area contributed by atoms with E-state index in [4.69, 9.17) is 9.26 Å². The zero-order valence-electron chi connectivity index (χ0n) is 14.2. The third kappa shape index (κ3) is 4.52. The monoisotopic (exact) mass is 355 g/mol. The molecule has 0 fully saturated rings. The number of hydrogen-bond donors (Lipinski definition) is 1. The number of methoxy groups -OCH3 is 1. The Morgan fingerprint density at radius 3 is 2.77 bits per heavy atom. The summed E-state index contributed by atoms with van der Waals surface area (Å²) in [5, 5.41) is 6.79. The van der Waals surface area contributed by atoms with E-state index in [2.05, 4.69) is 15.5 Å². The molecule has 0 unspecified atom stereocenters. The van der Waals surface area contributed by atoms with Crippen molar-refractivity contribution in [2.75, 3.05) is 19.0 Å². The normalized spacial score (nSPS) is 10.7. The maximum atomic E-state index is 13.0. The molecule has 6 nitrogen and oxygen atoms in total. The van der Waals surface area contributed by atoms with E-state index in [1.165, 1.54) is 12.1 Å². The van der Waals surface area contributed by atoms with Crippen molar-refractivity contribution < 1.29 is 18.4 Å². The Kier molecular flexibility index (Phi) is 5.70. The molecule has 0 aliphatic heterocycles. The van der Waals surface area contributed by atoms with Crippen LogP contribution in [-0.4, -0.2) is 29.8 Å². The number of ether oxygens (including phenoxy) is 1. The fraction of sp³-hybridized carbons (Fsp3) is 0.211. The number of carbonyl (C=O) groups is 1. The molecule has 7 heteroatoms. The van der Waals surface area contributed by atoms with Gasteiger partial charge in [0, 0.05) is 37.0 Å². The van der Waals surface area contributed by atoms with Gasteiger partial charge in [-0.05, 0) is 42.8 Å². The van der Waals surface area contributed by atoms with Gasteiger partial charge in [0.1, 0.15) is 5.82 Å². The maximum absolute atomic E-state index is 13.0. The highest BCUT2D eigenvalue weighted by molar-refractivity contribution is 5.91. The molecule has 2 aromatic carbocycles. The fourth-order valence-electron chi connectivity index (χ4n) is 2.39. The van der Waals surface area contributed by atoms with E-state index in [0.29, 0.717) is 48.0 Å². The Labute approximate surface area is 150 Å². The first kappa shape index (κ1) is 17.8. The Balaban J connectivity index is 1.72. The largest absolute Gasteiger partial charge is 0.385 e. The summed E-state index contributed by atoms with van der Waals surface area (Å²) in [6.07, 6.45) is 1.04. The number of aromatic nitrogens is 2. The first-order valence-corrected chi connectivity index (χ1v) is 8.14. The predicted octanol–water partition coefficient (Wildman–Crippen LogP) is 3.91. The standard InChI is InChI=1S/C19H18FN3O3/c1-25-11-3-6-17(24)21-16-5-2-4-14(12-16)18-22-19(26-23-18)13-7-9-15(20)10-8-13/h2,4-5,7-10,12H,3,6,11H2,1H3,(H,21,24). The van der Waals surface area contributed by atoms with Crippen LogP contribution in [0.25, 0.3) is 22.8 Å². The molecule has 3 rings (SSSR count). The first-order chi connectivity index (χ1) is 12.7. The van der Waals surface area contributed by atoms with Crippen molar-refractivity contribution in [3.63, 3.8) is 0 Å². The van der Waals surface area contributed by atoms with Gasteiger partial charge in [-0.3, -0.25) is 4.79 Å². The minimum absolute atomic E-state index is 0.0840. The van der Waals surface area contributed by atoms with Gasteiger partial charge in [0.2, 0.25) is 11.7 Å². The van der Waals surface area contributed by atoms with Crippen LogP contribution in [0.5, 0.6) is 0 Å². The minimum atomic E-state index is -0.331. The second-order valence-electron chi connectivity index (χ2n) is 5.66. The molecule has 3 aromatic rings. The Morgan fingerprint density at radius 2 is 2.00 bits per heavy atom. The van der Waals surface area contributed by atoms with E-state index >= 15 is 0 Å². The summed E-state index contributed by atoms with van der Waals surface area (Å²) in [6.45, 7) is 0.544. The molecule has 1 aromatic heterocycles. The molecular formula is C19H18FN3O3. The molecule has 0 aliphatic carbocycles. The zero-order chi connectivity index (χ0) is 18.4. The number of carbonyl (C=O) groups excluding carboxylic acids is 1. The van der Waals surface area contributed by atoms with Gasteiger partial charge < -0.3 is 14.6 Å². The number of rotatable bonds is 7. The summed E-state index contributed by atoms with van der Waals surface area (Å²) in [5.41, 5.74) is 1.99. The number of hydrogen-bond acceptors (Lipinski definition) is 5. The summed E-state index contributed by atoms with van der Waals surface area (Å²) >= 11 is 0. The molecule has 134 valence electrons. The van der Waals surface area contributed by atoms with Crippen LogP contribution in [0.1, 0.15) is 12.8 Å². The molecule has 0 saturated carbocycles. The van der Waals surface area contributed by atoms with Gasteiger partial charge in [0.25, 0.3) is 5.89 Å². The SMILES string of the molecule is COCCCC(=O)Nc1cccc(-c2noc(-c3ccc(F)cc3)n2)c1. The highest BCUT2D eigenvalue weighted by Gasteiger charge is 2.11. The smallest absolute Gasteiger partial charge is 0.258 e. The Hall–Kier alpha value is -3.06. The van der Waals surface area contributed by atoms with Crippen molar-refractivity contribution in [3.05, 3.63) is 54.3 Å². The summed E-state index contributed by atoms with van der Waals surface area (Å²) in [6, 6.07) is 13.0. The van der Waals surface area contributed by atoms with Crippen molar-refractivity contribution in [3.8, 4) is 22.8 Å². The lowest BCUT2D eigenvalue weighted by atomic mass is 10.2. The van der Waals surface area contributed by atoms with Gasteiger partial charge >= 0.3 is 0 Å². The molecule has 26 heavy (non-hydrogen) atoms. The Bertz CT molecular complexity index is 878. The molecule has 1 amide bonds. The molecule has 0 aliphatic rings. The lowest BCUT2D eigenvalue weighted by Gasteiger charge is -2.06. The number of halogens is 1. The molecule has 0 saturated heterocycles. The van der Waals surface area contributed by atoms with Crippen molar-refractivity contribution in [2.45, 2.75) is 12.8 Å². The number of anilines is 1. The van der Waals surface area contributed by atoms with Crippen molar-refractivity contribution >= 4 is 11.6 Å². The van der Waals surface area contributed by atoms with Gasteiger partial charge in [0.05, 0.1) is 0 Å². The second-order valence-corrected chi connectivity index (χ2v) is 5.66. The van der Waals surface area contributed by atoms with Crippen molar-refractivity contribution in [2.24, 2.45) is 0 Å².